The maximum Gasteiger partial charge on any atom is 0.154 e. The van der Waals surface area contributed by atoms with E-state index in [0.717, 1.165) is 27.3 Å². The van der Waals surface area contributed by atoms with E-state index >= 15 is 0 Å². The van der Waals surface area contributed by atoms with Crippen LogP contribution in [0, 0.1) is 11.8 Å². The third-order valence-corrected chi connectivity index (χ3v) is 7.32. The summed E-state index contributed by atoms with van der Waals surface area (Å²) >= 11 is 7.65. The minimum Gasteiger partial charge on any atom is -0.365 e. The summed E-state index contributed by atoms with van der Waals surface area (Å²) < 4.78 is 5.74. The van der Waals surface area contributed by atoms with E-state index in [9.17, 15) is 9.59 Å². The van der Waals surface area contributed by atoms with Gasteiger partial charge in [-0.3, -0.25) is 9.59 Å². The van der Waals surface area contributed by atoms with Crippen molar-refractivity contribution in [3.8, 4) is 10.4 Å². The number of benzene rings is 1. The second kappa shape index (κ2) is 5.88. The van der Waals surface area contributed by atoms with Gasteiger partial charge in [-0.15, -0.1) is 11.3 Å². The zero-order valence-corrected chi connectivity index (χ0v) is 15.7. The first-order chi connectivity index (χ1) is 12.6. The summed E-state index contributed by atoms with van der Waals surface area (Å²) in [6, 6.07) is 9.70. The van der Waals surface area contributed by atoms with Gasteiger partial charge in [-0.05, 0) is 35.7 Å². The van der Waals surface area contributed by atoms with E-state index in [4.69, 9.17) is 16.3 Å². The SMILES string of the molecule is CCc1sc(-c2ccc(Cl)cc2)cc1C1C(=O)[C@@H]2[C@H](C1=O)[C@@H]1C=C[C@H]2O1. The molecule has 2 aliphatic heterocycles. The molecule has 1 unspecified atom stereocenters. The molecule has 1 aromatic heterocycles. The number of halogens is 1. The number of aryl methyl sites for hydroxylation is 1. The van der Waals surface area contributed by atoms with Crippen LogP contribution in [0.1, 0.15) is 23.3 Å². The van der Waals surface area contributed by atoms with Crippen LogP contribution >= 0.6 is 22.9 Å². The van der Waals surface area contributed by atoms with Crippen molar-refractivity contribution in [1.82, 2.24) is 0 Å². The lowest BCUT2D eigenvalue weighted by Crippen LogP contribution is -2.26. The highest BCUT2D eigenvalue weighted by molar-refractivity contribution is 7.15. The van der Waals surface area contributed by atoms with Crippen LogP contribution in [0.3, 0.4) is 0 Å². The number of hydrogen-bond acceptors (Lipinski definition) is 4. The van der Waals surface area contributed by atoms with Crippen molar-refractivity contribution in [3.05, 3.63) is 57.9 Å². The minimum absolute atomic E-state index is 0.0343. The molecule has 1 saturated carbocycles. The van der Waals surface area contributed by atoms with E-state index in [0.29, 0.717) is 5.02 Å². The molecule has 26 heavy (non-hydrogen) atoms. The van der Waals surface area contributed by atoms with Crippen molar-refractivity contribution in [2.45, 2.75) is 31.5 Å². The fourth-order valence-electron chi connectivity index (χ4n) is 4.54. The summed E-state index contributed by atoms with van der Waals surface area (Å²) in [4.78, 5) is 28.4. The number of Topliss-reactive ketones (excluding diaryl/α,β-unsaturated/α-hetero) is 2. The molecule has 0 amide bonds. The molecular formula is C21H17ClO3S. The lowest BCUT2D eigenvalue weighted by atomic mass is 9.85. The number of rotatable bonds is 3. The highest BCUT2D eigenvalue weighted by Gasteiger charge is 2.61. The summed E-state index contributed by atoms with van der Waals surface area (Å²) in [5.41, 5.74) is 1.95. The highest BCUT2D eigenvalue weighted by Crippen LogP contribution is 2.51. The Morgan fingerprint density at radius 3 is 2.23 bits per heavy atom. The Morgan fingerprint density at radius 2 is 1.65 bits per heavy atom. The molecule has 0 spiro atoms. The van der Waals surface area contributed by atoms with Gasteiger partial charge in [-0.1, -0.05) is 42.8 Å². The monoisotopic (exact) mass is 384 g/mol. The van der Waals surface area contributed by atoms with Crippen LogP contribution in [0.15, 0.2) is 42.5 Å². The van der Waals surface area contributed by atoms with Crippen molar-refractivity contribution in [3.63, 3.8) is 0 Å². The van der Waals surface area contributed by atoms with Crippen LogP contribution in [-0.2, 0) is 20.7 Å². The zero-order valence-electron chi connectivity index (χ0n) is 14.1. The molecule has 3 heterocycles. The van der Waals surface area contributed by atoms with E-state index in [1.807, 2.05) is 42.5 Å². The second-order valence-electron chi connectivity index (χ2n) is 7.09. The Kier molecular flexibility index (Phi) is 3.71. The summed E-state index contributed by atoms with van der Waals surface area (Å²) in [6.45, 7) is 2.07. The van der Waals surface area contributed by atoms with Gasteiger partial charge in [0.2, 0.25) is 0 Å². The first-order valence-electron chi connectivity index (χ1n) is 8.88. The molecule has 0 N–H and O–H groups in total. The number of fused-ring (bicyclic) bond motifs is 5. The van der Waals surface area contributed by atoms with Gasteiger partial charge < -0.3 is 4.74 Å². The average Bonchev–Trinajstić information content (AvgIpc) is 3.39. The van der Waals surface area contributed by atoms with Crippen LogP contribution in [0.2, 0.25) is 5.02 Å². The number of carbonyl (C=O) groups excluding carboxylic acids is 2. The van der Waals surface area contributed by atoms with Gasteiger partial charge in [0.1, 0.15) is 5.92 Å². The van der Waals surface area contributed by atoms with Crippen molar-refractivity contribution in [2.24, 2.45) is 11.8 Å². The number of ketones is 2. The van der Waals surface area contributed by atoms with Gasteiger partial charge in [-0.25, -0.2) is 0 Å². The van der Waals surface area contributed by atoms with Gasteiger partial charge in [0.25, 0.3) is 0 Å². The zero-order chi connectivity index (χ0) is 18.0. The summed E-state index contributed by atoms with van der Waals surface area (Å²) in [5.74, 6) is -1.16. The van der Waals surface area contributed by atoms with Gasteiger partial charge in [0, 0.05) is 14.8 Å². The Hall–Kier alpha value is -1.75. The van der Waals surface area contributed by atoms with Crippen LogP contribution in [0.4, 0.5) is 0 Å². The molecule has 132 valence electrons. The fraction of sp³-hybridized carbons (Fsp3) is 0.333. The van der Waals surface area contributed by atoms with Crippen LogP contribution in [0.5, 0.6) is 0 Å². The van der Waals surface area contributed by atoms with E-state index in [-0.39, 0.29) is 35.6 Å². The predicted octanol–water partition coefficient (Wildman–Crippen LogP) is 4.44. The lowest BCUT2D eigenvalue weighted by molar-refractivity contribution is -0.127. The van der Waals surface area contributed by atoms with E-state index in [2.05, 4.69) is 6.92 Å². The average molecular weight is 385 g/mol. The normalized spacial score (nSPS) is 31.8. The van der Waals surface area contributed by atoms with E-state index in [1.54, 1.807) is 11.3 Å². The van der Waals surface area contributed by atoms with E-state index in [1.165, 1.54) is 0 Å². The number of thiophene rings is 1. The number of hydrogen-bond donors (Lipinski definition) is 0. The predicted molar refractivity (Wildman–Crippen MR) is 102 cm³/mol. The quantitative estimate of drug-likeness (QED) is 0.580. The standard InChI is InChI=1S/C21H17ClO3S/c1-2-15-12(9-16(26-15)10-3-5-11(22)6-4-10)17-20(23)18-13-7-8-14(25-13)19(18)21(17)24/h3-9,13-14,17-19H,2H2,1H3/t13-,14+,17?,18+,19-. The largest absolute Gasteiger partial charge is 0.365 e. The fourth-order valence-corrected chi connectivity index (χ4v) is 5.81. The molecule has 5 rings (SSSR count). The van der Waals surface area contributed by atoms with Crippen molar-refractivity contribution < 1.29 is 14.3 Å². The minimum atomic E-state index is -0.633. The Morgan fingerprint density at radius 1 is 1.04 bits per heavy atom. The molecule has 0 radical (unpaired) electrons. The molecule has 3 aliphatic rings. The summed E-state index contributed by atoms with van der Waals surface area (Å²) in [5, 5.41) is 0.693. The van der Waals surface area contributed by atoms with Gasteiger partial charge >= 0.3 is 0 Å². The molecule has 3 nitrogen and oxygen atoms in total. The molecule has 2 bridgehead atoms. The van der Waals surface area contributed by atoms with Gasteiger partial charge in [0.05, 0.1) is 24.0 Å². The molecule has 2 fully saturated rings. The third-order valence-electron chi connectivity index (χ3n) is 5.73. The summed E-state index contributed by atoms with van der Waals surface area (Å²) in [7, 11) is 0. The highest BCUT2D eigenvalue weighted by atomic mass is 35.5. The Balaban J connectivity index is 1.55. The third kappa shape index (κ3) is 2.22. The van der Waals surface area contributed by atoms with Gasteiger partial charge in [0.15, 0.2) is 11.6 Å². The molecule has 1 saturated heterocycles. The molecule has 1 aliphatic carbocycles. The second-order valence-corrected chi connectivity index (χ2v) is 8.66. The maximum absolute atomic E-state index is 13.1. The molecule has 1 aromatic carbocycles. The number of ether oxygens (including phenoxy) is 1. The van der Waals surface area contributed by atoms with Crippen LogP contribution < -0.4 is 0 Å². The number of carbonyl (C=O) groups is 2. The van der Waals surface area contributed by atoms with Crippen LogP contribution in [0.25, 0.3) is 10.4 Å². The first-order valence-corrected chi connectivity index (χ1v) is 10.1. The Labute approximate surface area is 160 Å². The molecule has 5 atom stereocenters. The smallest absolute Gasteiger partial charge is 0.154 e. The molecule has 5 heteroatoms. The lowest BCUT2D eigenvalue weighted by Gasteiger charge is -2.12. The van der Waals surface area contributed by atoms with Crippen LogP contribution in [-0.4, -0.2) is 23.8 Å². The van der Waals surface area contributed by atoms with Crippen molar-refractivity contribution >= 4 is 34.5 Å². The van der Waals surface area contributed by atoms with Gasteiger partial charge in [-0.2, -0.15) is 0 Å². The molecular weight excluding hydrogens is 368 g/mol. The maximum atomic E-state index is 13.1. The van der Waals surface area contributed by atoms with E-state index < -0.39 is 5.92 Å². The molecule has 2 aromatic rings. The Bertz CT molecular complexity index is 913. The first kappa shape index (κ1) is 16.4. The topological polar surface area (TPSA) is 43.4 Å². The van der Waals surface area contributed by atoms with Crippen molar-refractivity contribution in [1.29, 1.82) is 0 Å². The summed E-state index contributed by atoms with van der Waals surface area (Å²) in [6.07, 6.45) is 4.25. The van der Waals surface area contributed by atoms with Crippen molar-refractivity contribution in [2.75, 3.05) is 0 Å².